The van der Waals surface area contributed by atoms with Gasteiger partial charge in [0.25, 0.3) is 0 Å². The number of aromatic nitrogens is 1. The fraction of sp³-hybridized carbons (Fsp3) is 0.250. The van der Waals surface area contributed by atoms with Crippen molar-refractivity contribution in [3.05, 3.63) is 58.2 Å². The van der Waals surface area contributed by atoms with Crippen LogP contribution in [-0.2, 0) is 11.3 Å². The molecule has 1 aromatic carbocycles. The number of anilines is 1. The van der Waals surface area contributed by atoms with Crippen molar-refractivity contribution in [2.75, 3.05) is 18.6 Å². The molecule has 0 aliphatic carbocycles. The molecule has 4 nitrogen and oxygen atoms in total. The first-order valence-electron chi connectivity index (χ1n) is 6.69. The highest BCUT2D eigenvalue weighted by Gasteiger charge is 2.09. The minimum absolute atomic E-state index is 0.343. The number of benzene rings is 1. The minimum Gasteiger partial charge on any atom is -0.462 e. The van der Waals surface area contributed by atoms with Gasteiger partial charge in [0.15, 0.2) is 0 Å². The van der Waals surface area contributed by atoms with Crippen molar-refractivity contribution in [1.82, 2.24) is 4.98 Å². The van der Waals surface area contributed by atoms with Gasteiger partial charge in [0.1, 0.15) is 5.82 Å². The van der Waals surface area contributed by atoms with E-state index in [2.05, 4.69) is 27.0 Å². The van der Waals surface area contributed by atoms with Crippen molar-refractivity contribution >= 4 is 27.7 Å². The van der Waals surface area contributed by atoms with Crippen molar-refractivity contribution in [3.63, 3.8) is 0 Å². The van der Waals surface area contributed by atoms with Crippen molar-refractivity contribution in [1.29, 1.82) is 0 Å². The number of nitrogens with zero attached hydrogens (tertiary/aromatic N) is 2. The Morgan fingerprint density at radius 2 is 2.05 bits per heavy atom. The molecule has 2 aromatic rings. The van der Waals surface area contributed by atoms with Gasteiger partial charge in [-0.3, -0.25) is 0 Å². The van der Waals surface area contributed by atoms with Gasteiger partial charge < -0.3 is 9.64 Å². The molecule has 0 aliphatic rings. The lowest BCUT2D eigenvalue weighted by atomic mass is 10.2. The largest absolute Gasteiger partial charge is 0.462 e. The third-order valence-electron chi connectivity index (χ3n) is 3.02. The Hall–Kier alpha value is -1.88. The van der Waals surface area contributed by atoms with Gasteiger partial charge >= 0.3 is 5.97 Å². The van der Waals surface area contributed by atoms with Crippen LogP contribution < -0.4 is 4.90 Å². The molecule has 0 aliphatic heterocycles. The van der Waals surface area contributed by atoms with E-state index in [4.69, 9.17) is 4.74 Å². The first-order chi connectivity index (χ1) is 10.1. The Morgan fingerprint density at radius 3 is 2.67 bits per heavy atom. The molecule has 0 bridgehead atoms. The molecule has 5 heteroatoms. The molecule has 110 valence electrons. The molecule has 0 fully saturated rings. The summed E-state index contributed by atoms with van der Waals surface area (Å²) in [5.41, 5.74) is 1.64. The number of pyridine rings is 1. The normalized spacial score (nSPS) is 10.2. The van der Waals surface area contributed by atoms with E-state index in [1.165, 1.54) is 5.56 Å². The summed E-state index contributed by atoms with van der Waals surface area (Å²) < 4.78 is 6.01. The van der Waals surface area contributed by atoms with E-state index in [1.807, 2.05) is 36.2 Å². The maximum absolute atomic E-state index is 11.6. The molecule has 0 saturated heterocycles. The molecule has 0 unspecified atom stereocenters. The van der Waals surface area contributed by atoms with Crippen LogP contribution in [0.1, 0.15) is 22.8 Å². The molecule has 0 spiro atoms. The van der Waals surface area contributed by atoms with Crippen molar-refractivity contribution in [2.45, 2.75) is 13.5 Å². The molecule has 1 aromatic heterocycles. The van der Waals surface area contributed by atoms with E-state index in [9.17, 15) is 4.79 Å². The number of carbonyl (C=O) groups excluding carboxylic acids is 1. The lowest BCUT2D eigenvalue weighted by Gasteiger charge is -2.19. The Labute approximate surface area is 132 Å². The van der Waals surface area contributed by atoms with Gasteiger partial charge in [-0.2, -0.15) is 0 Å². The molecule has 21 heavy (non-hydrogen) atoms. The summed E-state index contributed by atoms with van der Waals surface area (Å²) in [7, 11) is 1.96. The first kappa shape index (κ1) is 15.5. The number of halogens is 1. The second kappa shape index (κ2) is 7.22. The first-order valence-corrected chi connectivity index (χ1v) is 7.49. The van der Waals surface area contributed by atoms with Crippen molar-refractivity contribution in [2.24, 2.45) is 0 Å². The summed E-state index contributed by atoms with van der Waals surface area (Å²) in [6.45, 7) is 2.88. The average molecular weight is 349 g/mol. The number of hydrogen-bond acceptors (Lipinski definition) is 4. The van der Waals surface area contributed by atoms with Crippen LogP contribution in [0.2, 0.25) is 0 Å². The predicted molar refractivity (Wildman–Crippen MR) is 86.4 cm³/mol. The molecule has 0 N–H and O–H groups in total. The maximum Gasteiger partial charge on any atom is 0.339 e. The highest BCUT2D eigenvalue weighted by Crippen LogP contribution is 2.20. The van der Waals surface area contributed by atoms with E-state index < -0.39 is 0 Å². The molecule has 0 saturated carbocycles. The lowest BCUT2D eigenvalue weighted by molar-refractivity contribution is 0.0526. The highest BCUT2D eigenvalue weighted by molar-refractivity contribution is 9.10. The zero-order chi connectivity index (χ0) is 15.2. The van der Waals surface area contributed by atoms with E-state index >= 15 is 0 Å². The van der Waals surface area contributed by atoms with Crippen LogP contribution in [0.5, 0.6) is 0 Å². The topological polar surface area (TPSA) is 42.4 Å². The number of rotatable bonds is 5. The van der Waals surface area contributed by atoms with Gasteiger partial charge in [-0.15, -0.1) is 0 Å². The molecule has 2 rings (SSSR count). The zero-order valence-electron chi connectivity index (χ0n) is 12.0. The van der Waals surface area contributed by atoms with Crippen molar-refractivity contribution < 1.29 is 9.53 Å². The molecule has 0 atom stereocenters. The monoisotopic (exact) mass is 348 g/mol. The predicted octanol–water partition coefficient (Wildman–Crippen LogP) is 3.66. The Kier molecular flexibility index (Phi) is 5.33. The second-order valence-corrected chi connectivity index (χ2v) is 5.43. The van der Waals surface area contributed by atoms with E-state index in [1.54, 1.807) is 19.2 Å². The Balaban J connectivity index is 2.08. The summed E-state index contributed by atoms with van der Waals surface area (Å²) in [6.07, 6.45) is 1.55. The summed E-state index contributed by atoms with van der Waals surface area (Å²) in [5.74, 6) is 0.462. The van der Waals surface area contributed by atoms with Crippen LogP contribution in [0.25, 0.3) is 0 Å². The molecule has 0 amide bonds. The molecular formula is C16H17BrN2O2. The number of carbonyl (C=O) groups is 1. The van der Waals surface area contributed by atoms with Crippen LogP contribution in [0, 0.1) is 0 Å². The highest BCUT2D eigenvalue weighted by atomic mass is 79.9. The van der Waals surface area contributed by atoms with Gasteiger partial charge in [0.05, 0.1) is 12.2 Å². The standard InChI is InChI=1S/C16H17BrN2O2/c1-3-21-16(20)12-8-9-15(18-10-12)19(2)11-13-6-4-5-7-14(13)17/h4-10H,3,11H2,1-2H3. The van der Waals surface area contributed by atoms with Crippen LogP contribution in [0.3, 0.4) is 0 Å². The van der Waals surface area contributed by atoms with Crippen LogP contribution >= 0.6 is 15.9 Å². The summed E-state index contributed by atoms with van der Waals surface area (Å²) in [4.78, 5) is 17.9. The Morgan fingerprint density at radius 1 is 1.29 bits per heavy atom. The quantitative estimate of drug-likeness (QED) is 0.773. The third kappa shape index (κ3) is 4.04. The third-order valence-corrected chi connectivity index (χ3v) is 3.79. The minimum atomic E-state index is -0.343. The SMILES string of the molecule is CCOC(=O)c1ccc(N(C)Cc2ccccc2Br)nc1. The van der Waals surface area contributed by atoms with Crippen LogP contribution in [0.4, 0.5) is 5.82 Å². The molecule has 0 radical (unpaired) electrons. The van der Waals surface area contributed by atoms with E-state index in [0.29, 0.717) is 12.2 Å². The Bertz CT molecular complexity index is 614. The molecule has 1 heterocycles. The van der Waals surface area contributed by atoms with Gasteiger partial charge in [-0.05, 0) is 30.7 Å². The van der Waals surface area contributed by atoms with Gasteiger partial charge in [-0.1, -0.05) is 34.1 Å². The summed E-state index contributed by atoms with van der Waals surface area (Å²) >= 11 is 3.54. The van der Waals surface area contributed by atoms with E-state index in [0.717, 1.165) is 16.8 Å². The average Bonchev–Trinajstić information content (AvgIpc) is 2.50. The summed E-state index contributed by atoms with van der Waals surface area (Å²) in [5, 5.41) is 0. The van der Waals surface area contributed by atoms with Gasteiger partial charge in [0.2, 0.25) is 0 Å². The number of ether oxygens (including phenoxy) is 1. The van der Waals surface area contributed by atoms with Crippen molar-refractivity contribution in [3.8, 4) is 0 Å². The van der Waals surface area contributed by atoms with E-state index in [-0.39, 0.29) is 5.97 Å². The zero-order valence-corrected chi connectivity index (χ0v) is 13.6. The van der Waals surface area contributed by atoms with Crippen LogP contribution in [0.15, 0.2) is 47.1 Å². The second-order valence-electron chi connectivity index (χ2n) is 4.57. The summed E-state index contributed by atoms with van der Waals surface area (Å²) in [6, 6.07) is 11.6. The molecular weight excluding hydrogens is 332 g/mol. The lowest BCUT2D eigenvalue weighted by Crippen LogP contribution is -2.18. The van der Waals surface area contributed by atoms with Crippen LogP contribution in [-0.4, -0.2) is 24.6 Å². The van der Waals surface area contributed by atoms with Gasteiger partial charge in [0, 0.05) is 24.3 Å². The number of hydrogen-bond donors (Lipinski definition) is 0. The van der Waals surface area contributed by atoms with Gasteiger partial charge in [-0.25, -0.2) is 9.78 Å². The maximum atomic E-state index is 11.6. The number of esters is 1. The fourth-order valence-corrected chi connectivity index (χ4v) is 2.32. The fourth-order valence-electron chi connectivity index (χ4n) is 1.91. The smallest absolute Gasteiger partial charge is 0.339 e.